The van der Waals surface area contributed by atoms with Crippen LogP contribution < -0.4 is 5.32 Å². The van der Waals surface area contributed by atoms with Crippen LogP contribution in [0, 0.1) is 5.41 Å². The summed E-state index contributed by atoms with van der Waals surface area (Å²) < 4.78 is 5.23. The molecule has 0 aliphatic heterocycles. The summed E-state index contributed by atoms with van der Waals surface area (Å²) >= 11 is 1.35. The number of hydrogen-bond acceptors (Lipinski definition) is 5. The first kappa shape index (κ1) is 14.7. The molecule has 0 saturated carbocycles. The smallest absolute Gasteiger partial charge is 0.270 e. The molecule has 0 spiro atoms. The van der Waals surface area contributed by atoms with Crippen LogP contribution in [0.4, 0.5) is 0 Å². The average Bonchev–Trinajstić information content (AvgIpc) is 3.03. The minimum absolute atomic E-state index is 0.204. The number of aliphatic hydroxyl groups excluding tert-OH is 1. The van der Waals surface area contributed by atoms with Gasteiger partial charge in [0.15, 0.2) is 10.8 Å². The summed E-state index contributed by atoms with van der Waals surface area (Å²) in [5, 5.41) is 14.9. The summed E-state index contributed by atoms with van der Waals surface area (Å²) in [5.41, 5.74) is 0.0665. The Bertz CT molecular complexity index is 570. The number of thiazole rings is 1. The van der Waals surface area contributed by atoms with Crippen LogP contribution >= 0.6 is 11.3 Å². The van der Waals surface area contributed by atoms with Gasteiger partial charge in [0.25, 0.3) is 5.91 Å². The second-order valence-corrected chi connectivity index (χ2v) is 6.47. The number of rotatable bonds is 4. The quantitative estimate of drug-likeness (QED) is 0.908. The maximum Gasteiger partial charge on any atom is 0.270 e. The third-order valence-electron chi connectivity index (χ3n) is 2.92. The van der Waals surface area contributed by atoms with Crippen molar-refractivity contribution in [1.29, 1.82) is 0 Å². The third-order valence-corrected chi connectivity index (χ3v) is 3.78. The highest BCUT2D eigenvalue weighted by Gasteiger charge is 2.23. The van der Waals surface area contributed by atoms with E-state index in [-0.39, 0.29) is 17.9 Å². The summed E-state index contributed by atoms with van der Waals surface area (Å²) in [5.74, 6) is 0.353. The zero-order valence-corrected chi connectivity index (χ0v) is 12.5. The Labute approximate surface area is 121 Å². The third kappa shape index (κ3) is 3.46. The second kappa shape index (κ2) is 5.76. The van der Waals surface area contributed by atoms with Gasteiger partial charge in [-0.2, -0.15) is 0 Å². The number of carbonyl (C=O) groups excluding carboxylic acids is 1. The van der Waals surface area contributed by atoms with Gasteiger partial charge in [-0.1, -0.05) is 20.8 Å². The molecule has 2 heterocycles. The normalized spacial score (nSPS) is 13.2. The Balaban J connectivity index is 1.97. The van der Waals surface area contributed by atoms with E-state index in [1.165, 1.54) is 11.3 Å². The zero-order valence-electron chi connectivity index (χ0n) is 11.7. The standard InChI is InChI=1S/C14H18N2O3S/c1-14(2,3)11(17)7-15-12(18)9-8-20-13(16-9)10-5-4-6-19-10/h4-6,8,11,17H,7H2,1-3H3,(H,15,18). The summed E-state index contributed by atoms with van der Waals surface area (Å²) in [7, 11) is 0. The van der Waals surface area contributed by atoms with Gasteiger partial charge in [-0.25, -0.2) is 4.98 Å². The molecule has 1 atom stereocenters. The molecular formula is C14H18N2O3S. The summed E-state index contributed by atoms with van der Waals surface area (Å²) in [4.78, 5) is 16.2. The maximum atomic E-state index is 12.0. The number of aliphatic hydroxyl groups is 1. The summed E-state index contributed by atoms with van der Waals surface area (Å²) in [6, 6.07) is 3.57. The first-order valence-electron chi connectivity index (χ1n) is 6.33. The topological polar surface area (TPSA) is 75.4 Å². The van der Waals surface area contributed by atoms with Crippen LogP contribution in [0.1, 0.15) is 31.3 Å². The highest BCUT2D eigenvalue weighted by Crippen LogP contribution is 2.24. The van der Waals surface area contributed by atoms with Gasteiger partial charge in [0.05, 0.1) is 12.4 Å². The van der Waals surface area contributed by atoms with Crippen LogP contribution in [0.25, 0.3) is 10.8 Å². The van der Waals surface area contributed by atoms with Crippen molar-refractivity contribution in [2.45, 2.75) is 26.9 Å². The van der Waals surface area contributed by atoms with Gasteiger partial charge in [-0.3, -0.25) is 4.79 Å². The number of furan rings is 1. The lowest BCUT2D eigenvalue weighted by atomic mass is 9.89. The van der Waals surface area contributed by atoms with Gasteiger partial charge in [-0.05, 0) is 17.5 Å². The average molecular weight is 294 g/mol. The van der Waals surface area contributed by atoms with E-state index >= 15 is 0 Å². The van der Waals surface area contributed by atoms with E-state index in [2.05, 4.69) is 10.3 Å². The van der Waals surface area contributed by atoms with E-state index in [1.54, 1.807) is 23.8 Å². The number of nitrogens with one attached hydrogen (secondary N) is 1. The Morgan fingerprint density at radius 2 is 2.30 bits per heavy atom. The summed E-state index contributed by atoms with van der Waals surface area (Å²) in [6.07, 6.45) is 0.963. The largest absolute Gasteiger partial charge is 0.462 e. The predicted octanol–water partition coefficient (Wildman–Crippen LogP) is 2.54. The lowest BCUT2D eigenvalue weighted by Gasteiger charge is -2.25. The molecule has 2 aromatic rings. The molecule has 2 aromatic heterocycles. The number of amides is 1. The van der Waals surface area contributed by atoms with E-state index in [9.17, 15) is 9.90 Å². The lowest BCUT2D eigenvalue weighted by Crippen LogP contribution is -2.39. The highest BCUT2D eigenvalue weighted by molar-refractivity contribution is 7.13. The highest BCUT2D eigenvalue weighted by atomic mass is 32.1. The molecule has 0 saturated heterocycles. The van der Waals surface area contributed by atoms with E-state index in [4.69, 9.17) is 4.42 Å². The van der Waals surface area contributed by atoms with Crippen molar-refractivity contribution in [3.8, 4) is 10.8 Å². The van der Waals surface area contributed by atoms with E-state index in [0.29, 0.717) is 16.5 Å². The molecule has 0 aliphatic rings. The molecule has 1 unspecified atom stereocenters. The SMILES string of the molecule is CC(C)(C)C(O)CNC(=O)c1csc(-c2ccco2)n1. The molecule has 0 bridgehead atoms. The monoisotopic (exact) mass is 294 g/mol. The van der Waals surface area contributed by atoms with Crippen molar-refractivity contribution in [2.24, 2.45) is 5.41 Å². The fourth-order valence-electron chi connectivity index (χ4n) is 1.48. The Morgan fingerprint density at radius 3 is 2.90 bits per heavy atom. The van der Waals surface area contributed by atoms with Gasteiger partial charge in [0, 0.05) is 11.9 Å². The molecule has 0 radical (unpaired) electrons. The van der Waals surface area contributed by atoms with Crippen LogP contribution in [0.5, 0.6) is 0 Å². The first-order chi connectivity index (χ1) is 9.38. The molecule has 2 rings (SSSR count). The molecule has 1 amide bonds. The van der Waals surface area contributed by atoms with Gasteiger partial charge >= 0.3 is 0 Å². The minimum Gasteiger partial charge on any atom is -0.462 e. The van der Waals surface area contributed by atoms with Crippen molar-refractivity contribution < 1.29 is 14.3 Å². The molecular weight excluding hydrogens is 276 g/mol. The Morgan fingerprint density at radius 1 is 1.55 bits per heavy atom. The number of nitrogens with zero attached hydrogens (tertiary/aromatic N) is 1. The molecule has 0 aromatic carbocycles. The molecule has 20 heavy (non-hydrogen) atoms. The van der Waals surface area contributed by atoms with Crippen molar-refractivity contribution >= 4 is 17.2 Å². The molecule has 6 heteroatoms. The van der Waals surface area contributed by atoms with Gasteiger partial charge in [0.1, 0.15) is 5.69 Å². The Hall–Kier alpha value is -1.66. The van der Waals surface area contributed by atoms with Crippen molar-refractivity contribution in [1.82, 2.24) is 10.3 Å². The fraction of sp³-hybridized carbons (Fsp3) is 0.429. The van der Waals surface area contributed by atoms with Crippen molar-refractivity contribution in [3.05, 3.63) is 29.5 Å². The van der Waals surface area contributed by atoms with Gasteiger partial charge in [-0.15, -0.1) is 11.3 Å². The second-order valence-electron chi connectivity index (χ2n) is 5.61. The number of aromatic nitrogens is 1. The van der Waals surface area contributed by atoms with Crippen LogP contribution in [-0.4, -0.2) is 28.6 Å². The van der Waals surface area contributed by atoms with Gasteiger partial charge < -0.3 is 14.8 Å². The van der Waals surface area contributed by atoms with Crippen LogP contribution in [0.2, 0.25) is 0 Å². The van der Waals surface area contributed by atoms with E-state index in [1.807, 2.05) is 20.8 Å². The molecule has 0 fully saturated rings. The van der Waals surface area contributed by atoms with Crippen molar-refractivity contribution in [3.63, 3.8) is 0 Å². The maximum absolute atomic E-state index is 12.0. The molecule has 2 N–H and O–H groups in total. The lowest BCUT2D eigenvalue weighted by molar-refractivity contribution is 0.0585. The summed E-state index contributed by atoms with van der Waals surface area (Å²) in [6.45, 7) is 5.96. The molecule has 108 valence electrons. The predicted molar refractivity (Wildman–Crippen MR) is 77.6 cm³/mol. The van der Waals surface area contributed by atoms with E-state index < -0.39 is 6.10 Å². The van der Waals surface area contributed by atoms with Crippen LogP contribution in [-0.2, 0) is 0 Å². The minimum atomic E-state index is -0.602. The number of carbonyl (C=O) groups is 1. The molecule has 5 nitrogen and oxygen atoms in total. The first-order valence-corrected chi connectivity index (χ1v) is 7.21. The number of hydrogen-bond donors (Lipinski definition) is 2. The van der Waals surface area contributed by atoms with Crippen LogP contribution in [0.15, 0.2) is 28.2 Å². The van der Waals surface area contributed by atoms with E-state index in [0.717, 1.165) is 0 Å². The Kier molecular flexibility index (Phi) is 4.25. The molecule has 0 aliphatic carbocycles. The zero-order chi connectivity index (χ0) is 14.8. The van der Waals surface area contributed by atoms with Crippen molar-refractivity contribution in [2.75, 3.05) is 6.54 Å². The fourth-order valence-corrected chi connectivity index (χ4v) is 2.24. The van der Waals surface area contributed by atoms with Crippen LogP contribution in [0.3, 0.4) is 0 Å². The van der Waals surface area contributed by atoms with Gasteiger partial charge in [0.2, 0.25) is 0 Å².